The van der Waals surface area contributed by atoms with Gasteiger partial charge in [-0.25, -0.2) is 58.3 Å². The number of nitrogens with two attached hydrogens (primary N) is 1. The highest BCUT2D eigenvalue weighted by molar-refractivity contribution is 9.10. The van der Waals surface area contributed by atoms with E-state index in [0.29, 0.717) is 52.7 Å². The minimum Gasteiger partial charge on any atom is -0.415 e. The van der Waals surface area contributed by atoms with E-state index in [2.05, 4.69) is 46.8 Å². The molecular formula is C84H76BrClF10N10O5. The molecule has 0 aliphatic carbocycles. The average molecular weight is 1610 g/mol. The molecule has 6 N–H and O–H groups in total. The van der Waals surface area contributed by atoms with Crippen molar-refractivity contribution in [3.63, 3.8) is 0 Å². The number of rotatable bonds is 12. The molecule has 0 spiro atoms. The van der Waals surface area contributed by atoms with Crippen LogP contribution in [0.25, 0.3) is 22.3 Å². The van der Waals surface area contributed by atoms with Gasteiger partial charge in [0.1, 0.15) is 23.1 Å². The lowest BCUT2D eigenvalue weighted by atomic mass is 10.0. The molecule has 2 aliphatic heterocycles. The van der Waals surface area contributed by atoms with Crippen LogP contribution < -0.4 is 31.2 Å². The molecule has 15 nitrogen and oxygen atoms in total. The first-order valence-corrected chi connectivity index (χ1v) is 35.3. The van der Waals surface area contributed by atoms with Crippen molar-refractivity contribution >= 4 is 67.9 Å². The number of urea groups is 1. The highest BCUT2D eigenvalue weighted by atomic mass is 79.9. The summed E-state index contributed by atoms with van der Waals surface area (Å²) in [6, 6.07) is 71.9. The van der Waals surface area contributed by atoms with E-state index in [-0.39, 0.29) is 45.6 Å². The molecule has 27 heteroatoms. The fourth-order valence-electron chi connectivity index (χ4n) is 10.6. The van der Waals surface area contributed by atoms with Gasteiger partial charge < -0.3 is 30.7 Å². The number of ether oxygens (including phenoxy) is 2. The molecule has 0 fully saturated rings. The molecule has 2 aliphatic rings. The Morgan fingerprint density at radius 1 is 0.486 bits per heavy atom. The molecule has 0 radical (unpaired) electrons. The number of nitrogens with one attached hydrogen (secondary N) is 4. The lowest BCUT2D eigenvalue weighted by Crippen LogP contribution is -2.41. The molecule has 0 saturated carbocycles. The number of anilines is 3. The van der Waals surface area contributed by atoms with Gasteiger partial charge in [-0.05, 0) is 119 Å². The Morgan fingerprint density at radius 2 is 0.892 bits per heavy atom. The van der Waals surface area contributed by atoms with E-state index in [0.717, 1.165) is 86.4 Å². The van der Waals surface area contributed by atoms with E-state index in [1.807, 2.05) is 82.3 Å². The van der Waals surface area contributed by atoms with E-state index < -0.39 is 35.2 Å². The Kier molecular flexibility index (Phi) is 30.5. The highest BCUT2D eigenvalue weighted by Gasteiger charge is 2.29. The van der Waals surface area contributed by atoms with Crippen LogP contribution in [0.15, 0.2) is 284 Å². The SMILES string of the molecule is CC(F)(F)c1cccc(Br)c1.CC(F)(F)c1cccc(N)c1.CC(F)(F)c1cccc(NC(=O)N2CCn3ncc(-c4ccc(F)cc4)c3C2)c1.CC(F)(F)c1cccc(NC(=O)Oc2ccccc2)c1.Fc1ccc(-c2cnn3c2CNCC3)cc1.N=C(c1ccccc1)c1ccccc1.O=C(Cl)Oc1ccccc1. The summed E-state index contributed by atoms with van der Waals surface area (Å²) in [5, 5.41) is 25.1. The maximum atomic E-state index is 13.5. The number of alkyl halides is 8. The first-order chi connectivity index (χ1) is 52.8. The van der Waals surface area contributed by atoms with Crippen LogP contribution in [0.3, 0.4) is 0 Å². The zero-order valence-electron chi connectivity index (χ0n) is 60.2. The molecule has 576 valence electrons. The summed E-state index contributed by atoms with van der Waals surface area (Å²) >= 11 is 8.07. The smallest absolute Gasteiger partial charge is 0.415 e. The zero-order chi connectivity index (χ0) is 80.3. The molecule has 0 unspecified atom stereocenters. The van der Waals surface area contributed by atoms with Crippen molar-refractivity contribution in [2.75, 3.05) is 29.5 Å². The summed E-state index contributed by atoms with van der Waals surface area (Å²) in [6.07, 6.45) is 2.83. The van der Waals surface area contributed by atoms with E-state index in [1.54, 1.807) is 114 Å². The Bertz CT molecular complexity index is 4880. The van der Waals surface area contributed by atoms with Gasteiger partial charge >= 0.3 is 17.6 Å². The van der Waals surface area contributed by atoms with Gasteiger partial charge in [-0.15, -0.1) is 0 Å². The average Bonchev–Trinajstić information content (AvgIpc) is 1.70. The van der Waals surface area contributed by atoms with Crippen LogP contribution >= 0.6 is 27.5 Å². The Morgan fingerprint density at radius 3 is 1.32 bits per heavy atom. The summed E-state index contributed by atoms with van der Waals surface area (Å²) in [5.74, 6) is -11.2. The summed E-state index contributed by atoms with van der Waals surface area (Å²) in [4.78, 5) is 36.1. The third kappa shape index (κ3) is 27.3. The number of nitrogens with zero attached hydrogens (tertiary/aromatic N) is 5. The first-order valence-electron chi connectivity index (χ1n) is 34.1. The van der Waals surface area contributed by atoms with Crippen molar-refractivity contribution in [3.8, 4) is 33.8 Å². The highest BCUT2D eigenvalue weighted by Crippen LogP contribution is 2.34. The summed E-state index contributed by atoms with van der Waals surface area (Å²) in [7, 11) is 0. The lowest BCUT2D eigenvalue weighted by Gasteiger charge is -2.28. The Hall–Kier alpha value is -11.9. The van der Waals surface area contributed by atoms with E-state index in [9.17, 15) is 58.3 Å². The van der Waals surface area contributed by atoms with Crippen molar-refractivity contribution in [2.24, 2.45) is 0 Å². The van der Waals surface area contributed by atoms with Gasteiger partial charge in [-0.1, -0.05) is 186 Å². The van der Waals surface area contributed by atoms with Crippen molar-refractivity contribution < 1.29 is 67.8 Å². The molecule has 0 atom stereocenters. The van der Waals surface area contributed by atoms with E-state index >= 15 is 0 Å². The molecule has 14 rings (SSSR count). The van der Waals surface area contributed by atoms with Crippen LogP contribution in [0, 0.1) is 17.0 Å². The minimum atomic E-state index is -2.98. The third-order valence-corrected chi connectivity index (χ3v) is 16.8. The molecule has 0 bridgehead atoms. The number of carbonyl (C=O) groups is 3. The summed E-state index contributed by atoms with van der Waals surface area (Å²) in [5.41, 5.74) is 13.4. The third-order valence-electron chi connectivity index (χ3n) is 16.2. The van der Waals surface area contributed by atoms with Crippen LogP contribution in [-0.4, -0.2) is 60.8 Å². The van der Waals surface area contributed by atoms with E-state index in [1.165, 1.54) is 103 Å². The number of hydrogen-bond acceptors (Lipinski definition) is 10. The summed E-state index contributed by atoms with van der Waals surface area (Å²) < 4.78 is 144. The van der Waals surface area contributed by atoms with Gasteiger partial charge in [0.05, 0.1) is 49.1 Å². The maximum Gasteiger partial charge on any atom is 0.417 e. The molecule has 10 aromatic carbocycles. The van der Waals surface area contributed by atoms with Crippen LogP contribution in [0.2, 0.25) is 0 Å². The van der Waals surface area contributed by atoms with Crippen molar-refractivity contribution in [1.82, 2.24) is 29.8 Å². The van der Waals surface area contributed by atoms with Crippen molar-refractivity contribution in [1.29, 1.82) is 5.41 Å². The summed E-state index contributed by atoms with van der Waals surface area (Å²) in [6.45, 7) is 7.29. The van der Waals surface area contributed by atoms with Gasteiger partial charge in [0.25, 0.3) is 23.7 Å². The number of carbonyl (C=O) groups excluding carboxylic acids is 3. The normalized spacial score (nSPS) is 12.1. The van der Waals surface area contributed by atoms with Gasteiger partial charge in [0.2, 0.25) is 0 Å². The monoisotopic (exact) mass is 1610 g/mol. The van der Waals surface area contributed by atoms with Crippen LogP contribution in [0.5, 0.6) is 11.5 Å². The van der Waals surface area contributed by atoms with Crippen LogP contribution in [-0.2, 0) is 49.9 Å². The van der Waals surface area contributed by atoms with Gasteiger partial charge in [0.15, 0.2) is 0 Å². The van der Waals surface area contributed by atoms with Crippen LogP contribution in [0.4, 0.5) is 75.3 Å². The Balaban J connectivity index is 0.000000168. The number of nitrogen functional groups attached to an aromatic ring is 1. The number of fused-ring (bicyclic) bond motifs is 2. The second-order valence-electron chi connectivity index (χ2n) is 24.9. The number of aromatic nitrogens is 4. The molecule has 4 heterocycles. The Labute approximate surface area is 648 Å². The maximum absolute atomic E-state index is 13.5. The van der Waals surface area contributed by atoms with Crippen molar-refractivity contribution in [2.45, 2.75) is 77.6 Å². The van der Waals surface area contributed by atoms with E-state index in [4.69, 9.17) is 27.5 Å². The molecule has 3 amide bonds. The molecule has 12 aromatic rings. The quantitative estimate of drug-likeness (QED) is 0.0342. The predicted molar refractivity (Wildman–Crippen MR) is 416 cm³/mol. The standard InChI is InChI=1S/C21H19F3N4O.C15H13F2NO2.C13H11N.C12H12FN3.C8H7BrF2.C8H9F2N.C7H5ClO2/c1-21(23,24)15-3-2-4-17(11-15)26-20(29)27-9-10-28-19(13-27)18(12-25-28)14-5-7-16(22)8-6-14;1-15(16,17)11-6-5-7-12(10-11)18-14(19)20-13-8-3-2-4-9-13;14-13(11-7-3-1-4-8-11)12-9-5-2-6-10-12;13-10-3-1-9(2-4-10)11-7-15-16-6-5-14-8-12(11)16;1-8(10,11)6-3-2-4-7(9)5-6;1-8(9,10)6-3-2-4-7(11)5-6;8-7(9)10-6-4-2-1-3-5-6/h2-8,11-12H,9-10,13H2,1H3,(H,26,29);2-10H,1H3,(H,18,19);1-10,14H;1-4,7,14H,5-6,8H2;2-5H,1H3;2-5H,11H2,1H3;1-5H. The number of halogens is 12. The molecule has 2 aromatic heterocycles. The van der Waals surface area contributed by atoms with Crippen LogP contribution in [0.1, 0.15) is 72.5 Å². The fourth-order valence-corrected chi connectivity index (χ4v) is 11.0. The fraction of sp³-hybridized carbons (Fsp3) is 0.167. The predicted octanol–water partition coefficient (Wildman–Crippen LogP) is 22.5. The first kappa shape index (κ1) is 84.7. The topological polar surface area (TPSA) is 195 Å². The number of hydrogen-bond donors (Lipinski definition) is 5. The zero-order valence-corrected chi connectivity index (χ0v) is 62.5. The largest absolute Gasteiger partial charge is 0.417 e. The van der Waals surface area contributed by atoms with Gasteiger partial charge in [-0.2, -0.15) is 10.2 Å². The number of benzene rings is 10. The number of amides is 3. The minimum absolute atomic E-state index is 0.0341. The van der Waals surface area contributed by atoms with Gasteiger partial charge in [0, 0.05) is 114 Å². The molecular weight excluding hydrogens is 1530 g/mol. The van der Waals surface area contributed by atoms with Crippen molar-refractivity contribution in [3.05, 3.63) is 340 Å². The second-order valence-corrected chi connectivity index (χ2v) is 26.2. The molecule has 0 saturated heterocycles. The molecule has 111 heavy (non-hydrogen) atoms. The number of para-hydroxylation sites is 2. The second kappa shape index (κ2) is 40.0. The lowest BCUT2D eigenvalue weighted by molar-refractivity contribution is 0.0167. The van der Waals surface area contributed by atoms with Gasteiger partial charge in [-0.3, -0.25) is 20.1 Å².